The predicted octanol–water partition coefficient (Wildman–Crippen LogP) is 1.84. The van der Waals surface area contributed by atoms with Gasteiger partial charge in [0, 0.05) is 36.6 Å². The van der Waals surface area contributed by atoms with E-state index in [0.29, 0.717) is 18.4 Å². The molecule has 1 unspecified atom stereocenters. The third-order valence-corrected chi connectivity index (χ3v) is 3.15. The molecule has 102 valence electrons. The van der Waals surface area contributed by atoms with E-state index in [2.05, 4.69) is 10.5 Å². The van der Waals surface area contributed by atoms with Crippen molar-refractivity contribution in [2.75, 3.05) is 0 Å². The van der Waals surface area contributed by atoms with E-state index in [9.17, 15) is 8.78 Å². The summed E-state index contributed by atoms with van der Waals surface area (Å²) in [4.78, 5) is 0. The Bertz CT molecular complexity index is 553. The molecule has 19 heavy (non-hydrogen) atoms. The van der Waals surface area contributed by atoms with Crippen molar-refractivity contribution in [3.8, 4) is 0 Å². The molecular formula is C13H16F2N4. The van der Waals surface area contributed by atoms with Gasteiger partial charge in [0.2, 0.25) is 0 Å². The van der Waals surface area contributed by atoms with Crippen LogP contribution in [0.5, 0.6) is 0 Å². The van der Waals surface area contributed by atoms with Gasteiger partial charge in [-0.25, -0.2) is 8.78 Å². The topological polar surface area (TPSA) is 55.9 Å². The van der Waals surface area contributed by atoms with E-state index < -0.39 is 11.6 Å². The van der Waals surface area contributed by atoms with Gasteiger partial charge in [0.15, 0.2) is 0 Å². The van der Waals surface area contributed by atoms with E-state index in [-0.39, 0.29) is 6.04 Å². The van der Waals surface area contributed by atoms with Crippen LogP contribution in [-0.2, 0) is 13.5 Å². The number of aromatic nitrogens is 2. The summed E-state index contributed by atoms with van der Waals surface area (Å²) < 4.78 is 28.3. The standard InChI is InChI=1S/C13H16F2N4/c1-19-10(6-7-17-19)3-5-13(18-16)11-4-2-9(14)8-12(11)15/h2,4,6-8,13,18H,3,5,16H2,1H3. The first-order valence-electron chi connectivity index (χ1n) is 5.99. The van der Waals surface area contributed by atoms with E-state index in [0.717, 1.165) is 11.8 Å². The monoisotopic (exact) mass is 266 g/mol. The molecule has 2 aromatic rings. The molecule has 0 amide bonds. The lowest BCUT2D eigenvalue weighted by atomic mass is 10.0. The first-order valence-corrected chi connectivity index (χ1v) is 5.99. The van der Waals surface area contributed by atoms with Gasteiger partial charge in [0.25, 0.3) is 0 Å². The second kappa shape index (κ2) is 5.90. The molecule has 0 aliphatic rings. The highest BCUT2D eigenvalue weighted by molar-refractivity contribution is 5.22. The number of hydrogen-bond acceptors (Lipinski definition) is 3. The summed E-state index contributed by atoms with van der Waals surface area (Å²) in [7, 11) is 1.85. The summed E-state index contributed by atoms with van der Waals surface area (Å²) in [6.07, 6.45) is 3.00. The summed E-state index contributed by atoms with van der Waals surface area (Å²) in [6.45, 7) is 0. The number of hydrogen-bond donors (Lipinski definition) is 2. The molecule has 1 aromatic carbocycles. The van der Waals surface area contributed by atoms with Crippen LogP contribution in [0, 0.1) is 11.6 Å². The minimum Gasteiger partial charge on any atom is -0.273 e. The van der Waals surface area contributed by atoms with Gasteiger partial charge >= 0.3 is 0 Å². The molecule has 3 N–H and O–H groups in total. The molecule has 4 nitrogen and oxygen atoms in total. The van der Waals surface area contributed by atoms with Crippen LogP contribution in [0.3, 0.4) is 0 Å². The SMILES string of the molecule is Cn1nccc1CCC(NN)c1ccc(F)cc1F. The van der Waals surface area contributed by atoms with Crippen LogP contribution in [0.4, 0.5) is 8.78 Å². The second-order valence-electron chi connectivity index (χ2n) is 4.37. The van der Waals surface area contributed by atoms with Crippen molar-refractivity contribution in [2.45, 2.75) is 18.9 Å². The van der Waals surface area contributed by atoms with Crippen molar-refractivity contribution >= 4 is 0 Å². The van der Waals surface area contributed by atoms with Crippen LogP contribution in [0.1, 0.15) is 23.7 Å². The quantitative estimate of drug-likeness (QED) is 0.641. The second-order valence-corrected chi connectivity index (χ2v) is 4.37. The average molecular weight is 266 g/mol. The largest absolute Gasteiger partial charge is 0.273 e. The van der Waals surface area contributed by atoms with Crippen LogP contribution >= 0.6 is 0 Å². The van der Waals surface area contributed by atoms with Gasteiger partial charge in [-0.1, -0.05) is 6.07 Å². The smallest absolute Gasteiger partial charge is 0.130 e. The lowest BCUT2D eigenvalue weighted by Crippen LogP contribution is -2.29. The summed E-state index contributed by atoms with van der Waals surface area (Å²) in [6, 6.07) is 5.04. The zero-order chi connectivity index (χ0) is 13.8. The fraction of sp³-hybridized carbons (Fsp3) is 0.308. The maximum absolute atomic E-state index is 13.7. The molecule has 0 saturated heterocycles. The minimum atomic E-state index is -0.594. The van der Waals surface area contributed by atoms with Gasteiger partial charge in [0.1, 0.15) is 11.6 Å². The number of nitrogens with two attached hydrogens (primary N) is 1. The van der Waals surface area contributed by atoms with Crippen LogP contribution in [0.2, 0.25) is 0 Å². The van der Waals surface area contributed by atoms with Gasteiger partial charge in [-0.3, -0.25) is 16.0 Å². The molecule has 0 aliphatic carbocycles. The Labute approximate surface area is 110 Å². The van der Waals surface area contributed by atoms with Gasteiger partial charge in [-0.05, 0) is 25.0 Å². The van der Waals surface area contributed by atoms with Gasteiger partial charge in [-0.15, -0.1) is 0 Å². The van der Waals surface area contributed by atoms with E-state index in [4.69, 9.17) is 5.84 Å². The van der Waals surface area contributed by atoms with Crippen LogP contribution in [0.25, 0.3) is 0 Å². The Kier molecular flexibility index (Phi) is 4.24. The Morgan fingerprint density at radius 3 is 2.74 bits per heavy atom. The molecule has 0 bridgehead atoms. The lowest BCUT2D eigenvalue weighted by Gasteiger charge is -2.17. The summed E-state index contributed by atoms with van der Waals surface area (Å²) in [5.74, 6) is 4.27. The van der Waals surface area contributed by atoms with Crippen molar-refractivity contribution in [2.24, 2.45) is 12.9 Å². The number of halogens is 2. The van der Waals surface area contributed by atoms with Crippen molar-refractivity contribution in [3.05, 3.63) is 53.4 Å². The number of nitrogens with zero attached hydrogens (tertiary/aromatic N) is 2. The highest BCUT2D eigenvalue weighted by atomic mass is 19.1. The fourth-order valence-electron chi connectivity index (χ4n) is 2.05. The number of rotatable bonds is 5. The fourth-order valence-corrected chi connectivity index (χ4v) is 2.05. The summed E-state index contributed by atoms with van der Waals surface area (Å²) in [5, 5.41) is 4.06. The van der Waals surface area contributed by atoms with Crippen molar-refractivity contribution in [3.63, 3.8) is 0 Å². The molecule has 0 saturated carbocycles. The molecule has 6 heteroatoms. The zero-order valence-electron chi connectivity index (χ0n) is 10.6. The molecule has 0 fully saturated rings. The van der Waals surface area contributed by atoms with E-state index in [1.165, 1.54) is 12.1 Å². The first kappa shape index (κ1) is 13.6. The third-order valence-electron chi connectivity index (χ3n) is 3.15. The Hall–Kier alpha value is -1.79. The highest BCUT2D eigenvalue weighted by Crippen LogP contribution is 2.22. The van der Waals surface area contributed by atoms with Crippen molar-refractivity contribution in [1.29, 1.82) is 0 Å². The van der Waals surface area contributed by atoms with Gasteiger partial charge in [-0.2, -0.15) is 5.10 Å². The van der Waals surface area contributed by atoms with Crippen LogP contribution in [0.15, 0.2) is 30.5 Å². The van der Waals surface area contributed by atoms with E-state index in [1.807, 2.05) is 13.1 Å². The summed E-state index contributed by atoms with van der Waals surface area (Å²) in [5.41, 5.74) is 3.97. The van der Waals surface area contributed by atoms with Crippen LogP contribution < -0.4 is 11.3 Å². The Balaban J connectivity index is 2.10. The predicted molar refractivity (Wildman–Crippen MR) is 68.0 cm³/mol. The van der Waals surface area contributed by atoms with Gasteiger partial charge in [0.05, 0.1) is 0 Å². The third kappa shape index (κ3) is 3.15. The molecule has 1 atom stereocenters. The minimum absolute atomic E-state index is 0.365. The van der Waals surface area contributed by atoms with Gasteiger partial charge < -0.3 is 0 Å². The zero-order valence-corrected chi connectivity index (χ0v) is 10.6. The number of benzene rings is 1. The Morgan fingerprint density at radius 2 is 2.16 bits per heavy atom. The molecule has 1 aromatic heterocycles. The average Bonchev–Trinajstić information content (AvgIpc) is 2.78. The highest BCUT2D eigenvalue weighted by Gasteiger charge is 2.15. The molecular weight excluding hydrogens is 250 g/mol. The lowest BCUT2D eigenvalue weighted by molar-refractivity contribution is 0.474. The van der Waals surface area contributed by atoms with E-state index >= 15 is 0 Å². The maximum atomic E-state index is 13.7. The molecule has 1 heterocycles. The number of nitrogens with one attached hydrogen (secondary N) is 1. The van der Waals surface area contributed by atoms with Crippen molar-refractivity contribution < 1.29 is 8.78 Å². The number of aryl methyl sites for hydroxylation is 2. The Morgan fingerprint density at radius 1 is 1.37 bits per heavy atom. The first-order chi connectivity index (χ1) is 9.11. The maximum Gasteiger partial charge on any atom is 0.130 e. The summed E-state index contributed by atoms with van der Waals surface area (Å²) >= 11 is 0. The van der Waals surface area contributed by atoms with Crippen molar-refractivity contribution in [1.82, 2.24) is 15.2 Å². The number of hydrazine groups is 1. The molecule has 2 rings (SSSR count). The molecule has 0 spiro atoms. The molecule has 0 radical (unpaired) electrons. The van der Waals surface area contributed by atoms with E-state index in [1.54, 1.807) is 10.9 Å². The van der Waals surface area contributed by atoms with Crippen LogP contribution in [-0.4, -0.2) is 9.78 Å². The normalized spacial score (nSPS) is 12.6. The molecule has 0 aliphatic heterocycles.